The lowest BCUT2D eigenvalue weighted by molar-refractivity contribution is 0.413. The van der Waals surface area contributed by atoms with Gasteiger partial charge in [-0.25, -0.2) is 9.37 Å². The van der Waals surface area contributed by atoms with Gasteiger partial charge in [0.05, 0.1) is 7.11 Å². The molecule has 1 aromatic carbocycles. The van der Waals surface area contributed by atoms with E-state index in [1.165, 1.54) is 17.8 Å². The van der Waals surface area contributed by atoms with Crippen molar-refractivity contribution in [1.29, 1.82) is 0 Å². The molecule has 2 nitrogen and oxygen atoms in total. The third-order valence-electron chi connectivity index (χ3n) is 2.03. The van der Waals surface area contributed by atoms with Crippen molar-refractivity contribution in [3.63, 3.8) is 0 Å². The van der Waals surface area contributed by atoms with Gasteiger partial charge in [0, 0.05) is 15.6 Å². The van der Waals surface area contributed by atoms with Gasteiger partial charge in [-0.1, -0.05) is 17.8 Å². The fraction of sp³-hybridized carbons (Fsp3) is 0.0833. The lowest BCUT2D eigenvalue weighted by Gasteiger charge is -2.04. The van der Waals surface area contributed by atoms with Crippen LogP contribution in [0.3, 0.4) is 0 Å². The number of rotatable bonds is 3. The van der Waals surface area contributed by atoms with Crippen LogP contribution in [-0.2, 0) is 0 Å². The number of benzene rings is 1. The van der Waals surface area contributed by atoms with Crippen molar-refractivity contribution in [2.45, 2.75) is 9.92 Å². The molecule has 0 amide bonds. The van der Waals surface area contributed by atoms with E-state index in [1.54, 1.807) is 13.3 Å². The zero-order valence-corrected chi connectivity index (χ0v) is 11.4. The Labute approximate surface area is 111 Å². The van der Waals surface area contributed by atoms with Gasteiger partial charge < -0.3 is 4.74 Å². The molecule has 0 fully saturated rings. The van der Waals surface area contributed by atoms with Gasteiger partial charge >= 0.3 is 0 Å². The quantitative estimate of drug-likeness (QED) is 0.850. The number of pyridine rings is 1. The Morgan fingerprint density at radius 3 is 2.88 bits per heavy atom. The molecule has 0 atom stereocenters. The van der Waals surface area contributed by atoms with Crippen molar-refractivity contribution in [3.05, 3.63) is 46.8 Å². The minimum absolute atomic E-state index is 0.341. The highest BCUT2D eigenvalue weighted by Crippen LogP contribution is 2.31. The van der Waals surface area contributed by atoms with Crippen LogP contribution in [0.2, 0.25) is 0 Å². The summed E-state index contributed by atoms with van der Waals surface area (Å²) in [6, 6.07) is 8.83. The Morgan fingerprint density at radius 1 is 1.35 bits per heavy atom. The summed E-state index contributed by atoms with van der Waals surface area (Å²) >= 11 is 4.44. The second-order valence-electron chi connectivity index (χ2n) is 3.22. The molecule has 0 bridgehead atoms. The zero-order chi connectivity index (χ0) is 12.3. The van der Waals surface area contributed by atoms with E-state index in [2.05, 4.69) is 20.9 Å². The zero-order valence-electron chi connectivity index (χ0n) is 8.98. The summed E-state index contributed by atoms with van der Waals surface area (Å²) in [5.41, 5.74) is 0. The summed E-state index contributed by atoms with van der Waals surface area (Å²) in [6.45, 7) is 0. The summed E-state index contributed by atoms with van der Waals surface area (Å²) in [5.74, 6) is 0.403. The van der Waals surface area contributed by atoms with Gasteiger partial charge in [0.1, 0.15) is 10.8 Å². The van der Waals surface area contributed by atoms with Crippen molar-refractivity contribution in [2.75, 3.05) is 7.11 Å². The average Bonchev–Trinajstić information content (AvgIpc) is 2.33. The fourth-order valence-corrected chi connectivity index (χ4v) is 2.36. The first-order valence-electron chi connectivity index (χ1n) is 4.82. The minimum Gasteiger partial charge on any atom is -0.497 e. The van der Waals surface area contributed by atoms with E-state index in [-0.39, 0.29) is 5.82 Å². The van der Waals surface area contributed by atoms with E-state index in [1.807, 2.05) is 24.3 Å². The van der Waals surface area contributed by atoms with Crippen molar-refractivity contribution in [2.24, 2.45) is 0 Å². The van der Waals surface area contributed by atoms with Gasteiger partial charge in [-0.2, -0.15) is 0 Å². The lowest BCUT2D eigenvalue weighted by atomic mass is 10.3. The Bertz CT molecular complexity index is 536. The highest BCUT2D eigenvalue weighted by atomic mass is 79.9. The van der Waals surface area contributed by atoms with E-state index in [4.69, 9.17) is 4.74 Å². The summed E-state index contributed by atoms with van der Waals surface area (Å²) in [4.78, 5) is 4.92. The van der Waals surface area contributed by atoms with E-state index in [0.29, 0.717) is 9.50 Å². The van der Waals surface area contributed by atoms with E-state index < -0.39 is 0 Å². The van der Waals surface area contributed by atoms with Gasteiger partial charge in [0.15, 0.2) is 5.82 Å². The summed E-state index contributed by atoms with van der Waals surface area (Å²) < 4.78 is 19.3. The van der Waals surface area contributed by atoms with Gasteiger partial charge in [0.25, 0.3) is 0 Å². The molecule has 1 aromatic heterocycles. The highest BCUT2D eigenvalue weighted by Gasteiger charge is 2.07. The topological polar surface area (TPSA) is 22.1 Å². The molecule has 1 heterocycles. The Kier molecular flexibility index (Phi) is 4.02. The number of ether oxygens (including phenoxy) is 1. The number of methoxy groups -OCH3 is 1. The number of hydrogen-bond donors (Lipinski definition) is 0. The normalized spacial score (nSPS) is 10.3. The van der Waals surface area contributed by atoms with Crippen molar-refractivity contribution in [1.82, 2.24) is 4.98 Å². The van der Waals surface area contributed by atoms with Crippen LogP contribution in [0.15, 0.2) is 50.9 Å². The molecule has 2 aromatic rings. The number of aromatic nitrogens is 1. The second-order valence-corrected chi connectivity index (χ2v) is 5.20. The largest absolute Gasteiger partial charge is 0.497 e. The van der Waals surface area contributed by atoms with E-state index >= 15 is 0 Å². The van der Waals surface area contributed by atoms with Gasteiger partial charge in [-0.3, -0.25) is 0 Å². The average molecular weight is 314 g/mol. The molecule has 0 aliphatic carbocycles. The molecule has 0 unspecified atom stereocenters. The molecule has 0 spiro atoms. The maximum Gasteiger partial charge on any atom is 0.156 e. The molecule has 2 rings (SSSR count). The number of nitrogens with zero attached hydrogens (tertiary/aromatic N) is 1. The molecule has 0 saturated heterocycles. The number of halogens is 2. The van der Waals surface area contributed by atoms with Crippen molar-refractivity contribution in [3.8, 4) is 5.75 Å². The first-order chi connectivity index (χ1) is 8.19. The highest BCUT2D eigenvalue weighted by molar-refractivity contribution is 9.10. The molecule has 0 aliphatic rings. The van der Waals surface area contributed by atoms with Gasteiger partial charge in [-0.05, 0) is 40.2 Å². The molecule has 0 radical (unpaired) electrons. The Hall–Kier alpha value is -1.07. The van der Waals surface area contributed by atoms with Crippen LogP contribution in [0.25, 0.3) is 0 Å². The third-order valence-corrected chi connectivity index (χ3v) is 3.45. The first-order valence-corrected chi connectivity index (χ1v) is 6.43. The molecular formula is C12H9BrFNOS. The third kappa shape index (κ3) is 3.20. The molecule has 17 heavy (non-hydrogen) atoms. The predicted molar refractivity (Wildman–Crippen MR) is 69.0 cm³/mol. The van der Waals surface area contributed by atoms with E-state index in [0.717, 1.165) is 10.6 Å². The van der Waals surface area contributed by atoms with Crippen LogP contribution in [0, 0.1) is 5.82 Å². The molecular weight excluding hydrogens is 305 g/mol. The van der Waals surface area contributed by atoms with E-state index in [9.17, 15) is 4.39 Å². The van der Waals surface area contributed by atoms with Gasteiger partial charge in [0.2, 0.25) is 0 Å². The van der Waals surface area contributed by atoms with Crippen LogP contribution in [0.1, 0.15) is 0 Å². The Morgan fingerprint density at radius 2 is 2.18 bits per heavy atom. The fourth-order valence-electron chi connectivity index (χ4n) is 1.25. The van der Waals surface area contributed by atoms with Crippen molar-refractivity contribution < 1.29 is 9.13 Å². The summed E-state index contributed by atoms with van der Waals surface area (Å²) in [5, 5.41) is 0.349. The predicted octanol–water partition coefficient (Wildman–Crippen LogP) is 4.14. The smallest absolute Gasteiger partial charge is 0.156 e. The standard InChI is InChI=1S/C12H9BrFNOS/c1-16-9-3-2-4-10(6-9)17-12-11(14)5-8(13)7-15-12/h2-7H,1H3. The maximum absolute atomic E-state index is 13.6. The molecule has 5 heteroatoms. The van der Waals surface area contributed by atoms with Crippen LogP contribution >= 0.6 is 27.7 Å². The number of hydrogen-bond acceptors (Lipinski definition) is 3. The van der Waals surface area contributed by atoms with Crippen LogP contribution in [0.5, 0.6) is 5.75 Å². The molecule has 0 N–H and O–H groups in total. The maximum atomic E-state index is 13.6. The summed E-state index contributed by atoms with van der Waals surface area (Å²) in [6.07, 6.45) is 1.57. The first kappa shape index (κ1) is 12.4. The summed E-state index contributed by atoms with van der Waals surface area (Å²) in [7, 11) is 1.60. The lowest BCUT2D eigenvalue weighted by Crippen LogP contribution is -1.87. The molecule has 0 aliphatic heterocycles. The van der Waals surface area contributed by atoms with Crippen LogP contribution < -0.4 is 4.74 Å². The molecule has 88 valence electrons. The molecule has 0 saturated carbocycles. The minimum atomic E-state index is -0.341. The van der Waals surface area contributed by atoms with Crippen LogP contribution in [0.4, 0.5) is 4.39 Å². The van der Waals surface area contributed by atoms with Crippen molar-refractivity contribution >= 4 is 27.7 Å². The second kappa shape index (κ2) is 5.51. The van der Waals surface area contributed by atoms with Crippen LogP contribution in [-0.4, -0.2) is 12.1 Å². The monoisotopic (exact) mass is 313 g/mol. The SMILES string of the molecule is COc1cccc(Sc2ncc(Br)cc2F)c1. The van der Waals surface area contributed by atoms with Gasteiger partial charge in [-0.15, -0.1) is 0 Å². The Balaban J connectivity index is 2.25.